The van der Waals surface area contributed by atoms with Crippen molar-refractivity contribution < 1.29 is 8.42 Å². The van der Waals surface area contributed by atoms with Gasteiger partial charge in [-0.15, -0.1) is 0 Å². The third-order valence-electron chi connectivity index (χ3n) is 3.08. The first-order chi connectivity index (χ1) is 9.95. The SMILES string of the molecule is Nc1ccc2nc(S(=O)(=O)Cc3ccccc3Br)[nH]c2c1. The van der Waals surface area contributed by atoms with Gasteiger partial charge in [-0.2, -0.15) is 0 Å². The number of nitrogen functional groups attached to an aromatic ring is 1. The third-order valence-corrected chi connectivity index (χ3v) is 5.33. The lowest BCUT2D eigenvalue weighted by Crippen LogP contribution is -2.07. The molecule has 0 bridgehead atoms. The molecule has 0 amide bonds. The van der Waals surface area contributed by atoms with Gasteiger partial charge in [-0.3, -0.25) is 0 Å². The fraction of sp³-hybridized carbons (Fsp3) is 0.0714. The molecule has 3 aromatic rings. The van der Waals surface area contributed by atoms with Gasteiger partial charge in [0.15, 0.2) is 0 Å². The maximum atomic E-state index is 12.5. The molecule has 0 fully saturated rings. The van der Waals surface area contributed by atoms with Crippen LogP contribution in [0.2, 0.25) is 0 Å². The van der Waals surface area contributed by atoms with Gasteiger partial charge in [0.05, 0.1) is 16.8 Å². The second-order valence-corrected chi connectivity index (χ2v) is 7.43. The van der Waals surface area contributed by atoms with Crippen molar-refractivity contribution in [2.75, 3.05) is 5.73 Å². The highest BCUT2D eigenvalue weighted by Gasteiger charge is 2.21. The number of rotatable bonds is 3. The predicted molar refractivity (Wildman–Crippen MR) is 85.5 cm³/mol. The van der Waals surface area contributed by atoms with E-state index in [1.54, 1.807) is 30.3 Å². The Kier molecular flexibility index (Phi) is 3.46. The number of sulfone groups is 1. The van der Waals surface area contributed by atoms with Crippen molar-refractivity contribution in [3.05, 3.63) is 52.5 Å². The summed E-state index contributed by atoms with van der Waals surface area (Å²) in [4.78, 5) is 6.96. The molecular weight excluding hydrogens is 354 g/mol. The van der Waals surface area contributed by atoms with Gasteiger partial charge in [0.1, 0.15) is 0 Å². The van der Waals surface area contributed by atoms with E-state index < -0.39 is 9.84 Å². The van der Waals surface area contributed by atoms with E-state index in [0.29, 0.717) is 22.3 Å². The number of aromatic nitrogens is 2. The number of aromatic amines is 1. The molecular formula is C14H12BrN3O2S. The fourth-order valence-electron chi connectivity index (χ4n) is 2.04. The van der Waals surface area contributed by atoms with Gasteiger partial charge < -0.3 is 10.7 Å². The molecule has 21 heavy (non-hydrogen) atoms. The quantitative estimate of drug-likeness (QED) is 0.698. The summed E-state index contributed by atoms with van der Waals surface area (Å²) < 4.78 is 25.7. The van der Waals surface area contributed by atoms with Crippen LogP contribution >= 0.6 is 15.9 Å². The van der Waals surface area contributed by atoms with Crippen LogP contribution in [0.25, 0.3) is 11.0 Å². The average molecular weight is 366 g/mol. The Bertz CT molecular complexity index is 919. The number of halogens is 1. The number of nitrogens with zero attached hydrogens (tertiary/aromatic N) is 1. The maximum Gasteiger partial charge on any atom is 0.226 e. The van der Waals surface area contributed by atoms with Crippen molar-refractivity contribution >= 4 is 42.5 Å². The monoisotopic (exact) mass is 365 g/mol. The van der Waals surface area contributed by atoms with Crippen molar-refractivity contribution in [3.63, 3.8) is 0 Å². The van der Waals surface area contributed by atoms with Gasteiger partial charge in [-0.1, -0.05) is 34.1 Å². The van der Waals surface area contributed by atoms with Crippen LogP contribution in [0.4, 0.5) is 5.69 Å². The minimum atomic E-state index is -3.55. The molecule has 0 saturated carbocycles. The van der Waals surface area contributed by atoms with Crippen LogP contribution in [0.5, 0.6) is 0 Å². The first kappa shape index (κ1) is 14.1. The Morgan fingerprint density at radius 3 is 2.71 bits per heavy atom. The maximum absolute atomic E-state index is 12.5. The second-order valence-electron chi connectivity index (χ2n) is 4.67. The summed E-state index contributed by atoms with van der Waals surface area (Å²) in [6, 6.07) is 12.3. The summed E-state index contributed by atoms with van der Waals surface area (Å²) in [7, 11) is -3.55. The van der Waals surface area contributed by atoms with Crippen LogP contribution in [-0.4, -0.2) is 18.4 Å². The molecule has 0 unspecified atom stereocenters. The van der Waals surface area contributed by atoms with E-state index >= 15 is 0 Å². The Hall–Kier alpha value is -1.86. The average Bonchev–Trinajstić information content (AvgIpc) is 2.85. The smallest absolute Gasteiger partial charge is 0.226 e. The van der Waals surface area contributed by atoms with E-state index in [1.165, 1.54) is 0 Å². The lowest BCUT2D eigenvalue weighted by Gasteiger charge is -2.03. The van der Waals surface area contributed by atoms with Gasteiger partial charge in [0.2, 0.25) is 15.0 Å². The largest absolute Gasteiger partial charge is 0.399 e. The number of hydrogen-bond acceptors (Lipinski definition) is 4. The van der Waals surface area contributed by atoms with E-state index in [0.717, 1.165) is 4.47 Å². The van der Waals surface area contributed by atoms with Crippen molar-refractivity contribution in [3.8, 4) is 0 Å². The molecule has 0 radical (unpaired) electrons. The molecule has 0 aliphatic carbocycles. The van der Waals surface area contributed by atoms with Crippen LogP contribution in [-0.2, 0) is 15.6 Å². The molecule has 5 nitrogen and oxygen atoms in total. The molecule has 0 aliphatic heterocycles. The van der Waals surface area contributed by atoms with E-state index in [1.807, 2.05) is 12.1 Å². The summed E-state index contributed by atoms with van der Waals surface area (Å²) in [5.41, 5.74) is 8.12. The Balaban J connectivity index is 2.02. The number of benzene rings is 2. The molecule has 1 aromatic heterocycles. The van der Waals surface area contributed by atoms with Crippen molar-refractivity contribution in [1.29, 1.82) is 0 Å². The molecule has 7 heteroatoms. The normalized spacial score (nSPS) is 11.9. The van der Waals surface area contributed by atoms with E-state index in [-0.39, 0.29) is 10.9 Å². The van der Waals surface area contributed by atoms with Crippen LogP contribution < -0.4 is 5.73 Å². The highest BCUT2D eigenvalue weighted by Crippen LogP contribution is 2.23. The van der Waals surface area contributed by atoms with E-state index in [4.69, 9.17) is 5.73 Å². The number of H-pyrrole nitrogens is 1. The molecule has 0 aliphatic rings. The van der Waals surface area contributed by atoms with Gasteiger partial charge in [0, 0.05) is 10.2 Å². The Morgan fingerprint density at radius 1 is 1.19 bits per heavy atom. The lowest BCUT2D eigenvalue weighted by molar-refractivity contribution is 0.588. The number of hydrogen-bond donors (Lipinski definition) is 2. The molecule has 1 heterocycles. The molecule has 2 aromatic carbocycles. The standard InChI is InChI=1S/C14H12BrN3O2S/c15-11-4-2-1-3-9(11)8-21(19,20)14-17-12-6-5-10(16)7-13(12)18-14/h1-7H,8,16H2,(H,17,18). The van der Waals surface area contributed by atoms with Crippen molar-refractivity contribution in [1.82, 2.24) is 9.97 Å². The number of fused-ring (bicyclic) bond motifs is 1. The summed E-state index contributed by atoms with van der Waals surface area (Å²) in [6.07, 6.45) is 0. The Labute approximate surface area is 130 Å². The molecule has 3 N–H and O–H groups in total. The lowest BCUT2D eigenvalue weighted by atomic mass is 10.2. The minimum Gasteiger partial charge on any atom is -0.399 e. The van der Waals surface area contributed by atoms with Crippen LogP contribution in [0.1, 0.15) is 5.56 Å². The van der Waals surface area contributed by atoms with Gasteiger partial charge >= 0.3 is 0 Å². The minimum absolute atomic E-state index is 0.0427. The molecule has 0 saturated heterocycles. The number of anilines is 1. The zero-order valence-electron chi connectivity index (χ0n) is 10.9. The van der Waals surface area contributed by atoms with Crippen LogP contribution in [0.3, 0.4) is 0 Å². The van der Waals surface area contributed by atoms with Gasteiger partial charge in [-0.05, 0) is 29.8 Å². The Morgan fingerprint density at radius 2 is 1.95 bits per heavy atom. The van der Waals surface area contributed by atoms with Crippen LogP contribution in [0.15, 0.2) is 52.1 Å². The summed E-state index contributed by atoms with van der Waals surface area (Å²) in [6.45, 7) is 0. The topological polar surface area (TPSA) is 88.8 Å². The highest BCUT2D eigenvalue weighted by atomic mass is 79.9. The van der Waals surface area contributed by atoms with Crippen LogP contribution in [0, 0.1) is 0 Å². The highest BCUT2D eigenvalue weighted by molar-refractivity contribution is 9.10. The molecule has 0 atom stereocenters. The molecule has 3 rings (SSSR count). The number of nitrogens with two attached hydrogens (primary N) is 1. The zero-order chi connectivity index (χ0) is 15.0. The van der Waals surface area contributed by atoms with Gasteiger partial charge in [0.25, 0.3) is 0 Å². The second kappa shape index (κ2) is 5.16. The van der Waals surface area contributed by atoms with E-state index in [9.17, 15) is 8.42 Å². The third kappa shape index (κ3) is 2.79. The number of nitrogens with one attached hydrogen (secondary N) is 1. The molecule has 0 spiro atoms. The van der Waals surface area contributed by atoms with Crippen molar-refractivity contribution in [2.24, 2.45) is 0 Å². The predicted octanol–water partition coefficient (Wildman–Crippen LogP) is 2.88. The summed E-state index contributed by atoms with van der Waals surface area (Å²) >= 11 is 3.35. The first-order valence-corrected chi connectivity index (χ1v) is 8.62. The number of imidazole rings is 1. The fourth-order valence-corrected chi connectivity index (χ4v) is 3.95. The van der Waals surface area contributed by atoms with E-state index in [2.05, 4.69) is 25.9 Å². The summed E-state index contributed by atoms with van der Waals surface area (Å²) in [5, 5.41) is -0.0427. The zero-order valence-corrected chi connectivity index (χ0v) is 13.3. The summed E-state index contributed by atoms with van der Waals surface area (Å²) in [5.74, 6) is -0.121. The molecule has 108 valence electrons. The van der Waals surface area contributed by atoms with Gasteiger partial charge in [-0.25, -0.2) is 13.4 Å². The first-order valence-electron chi connectivity index (χ1n) is 6.17. The van der Waals surface area contributed by atoms with Crippen molar-refractivity contribution in [2.45, 2.75) is 10.9 Å².